The van der Waals surface area contributed by atoms with Crippen molar-refractivity contribution in [3.63, 3.8) is 0 Å². The lowest BCUT2D eigenvalue weighted by atomic mass is 9.99. The molecule has 0 bridgehead atoms. The minimum Gasteiger partial charge on any atom is -0.493 e. The molecule has 7 heteroatoms. The molecule has 1 aromatic rings. The molecule has 2 rings (SSSR count). The van der Waals surface area contributed by atoms with Crippen molar-refractivity contribution in [1.29, 1.82) is 0 Å². The second-order valence-corrected chi connectivity index (χ2v) is 8.01. The molecule has 0 amide bonds. The summed E-state index contributed by atoms with van der Waals surface area (Å²) in [6, 6.07) is 6.35. The number of hydrogen-bond donors (Lipinski definition) is 2. The Labute approximate surface area is 185 Å². The van der Waals surface area contributed by atoms with Crippen molar-refractivity contribution >= 4 is 41.7 Å². The maximum absolute atomic E-state index is 5.90. The van der Waals surface area contributed by atoms with E-state index in [9.17, 15) is 0 Å². The van der Waals surface area contributed by atoms with Crippen molar-refractivity contribution in [2.24, 2.45) is 4.99 Å². The van der Waals surface area contributed by atoms with Crippen LogP contribution in [-0.2, 0) is 11.3 Å². The molecule has 0 saturated carbocycles. The molecule has 0 radical (unpaired) electrons. The maximum Gasteiger partial charge on any atom is 0.191 e. The molecule has 1 aromatic carbocycles. The zero-order valence-electron chi connectivity index (χ0n) is 17.0. The molecule has 1 aliphatic heterocycles. The molecule has 0 spiro atoms. The highest BCUT2D eigenvalue weighted by atomic mass is 127. The van der Waals surface area contributed by atoms with E-state index in [0.29, 0.717) is 6.54 Å². The molecule has 1 aliphatic rings. The fourth-order valence-electron chi connectivity index (χ4n) is 3.00. The number of nitrogens with zero attached hydrogens (tertiary/aromatic N) is 1. The lowest BCUT2D eigenvalue weighted by molar-refractivity contribution is 0.0783. The first kappa shape index (κ1) is 24.4. The first-order valence-electron chi connectivity index (χ1n) is 9.42. The summed E-state index contributed by atoms with van der Waals surface area (Å²) >= 11 is 1.93. The molecule has 1 fully saturated rings. The van der Waals surface area contributed by atoms with Crippen LogP contribution in [0.15, 0.2) is 23.2 Å². The van der Waals surface area contributed by atoms with Crippen LogP contribution in [0.1, 0.15) is 37.3 Å². The molecule has 154 valence electrons. The van der Waals surface area contributed by atoms with Gasteiger partial charge in [-0.3, -0.25) is 4.99 Å². The van der Waals surface area contributed by atoms with E-state index in [1.807, 2.05) is 18.8 Å². The van der Waals surface area contributed by atoms with E-state index in [2.05, 4.69) is 53.9 Å². The highest BCUT2D eigenvalue weighted by Gasteiger charge is 2.31. The highest BCUT2D eigenvalue weighted by Crippen LogP contribution is 2.32. The summed E-state index contributed by atoms with van der Waals surface area (Å²) in [4.78, 5) is 4.38. The maximum atomic E-state index is 5.90. The van der Waals surface area contributed by atoms with E-state index in [4.69, 9.17) is 9.47 Å². The topological polar surface area (TPSA) is 54.9 Å². The number of guanidine groups is 1. The van der Waals surface area contributed by atoms with Crippen LogP contribution < -0.4 is 15.4 Å². The van der Waals surface area contributed by atoms with Crippen LogP contribution in [0.5, 0.6) is 5.75 Å². The second-order valence-electron chi connectivity index (χ2n) is 6.74. The Morgan fingerprint density at radius 2 is 2.04 bits per heavy atom. The summed E-state index contributed by atoms with van der Waals surface area (Å²) in [5.74, 6) is 1.78. The number of ether oxygens (including phenoxy) is 2. The molecule has 1 heterocycles. The van der Waals surface area contributed by atoms with Crippen molar-refractivity contribution in [1.82, 2.24) is 10.6 Å². The van der Waals surface area contributed by atoms with Crippen molar-refractivity contribution in [2.45, 2.75) is 44.4 Å². The molecule has 0 aliphatic carbocycles. The third-order valence-electron chi connectivity index (χ3n) is 4.77. The Morgan fingerprint density at radius 1 is 1.30 bits per heavy atom. The summed E-state index contributed by atoms with van der Waals surface area (Å²) in [5.41, 5.74) is 2.36. The molecule has 0 unspecified atom stereocenters. The van der Waals surface area contributed by atoms with Gasteiger partial charge in [-0.1, -0.05) is 19.1 Å². The van der Waals surface area contributed by atoms with Gasteiger partial charge in [0.15, 0.2) is 5.96 Å². The minimum absolute atomic E-state index is 0. The molecular weight excluding hydrogens is 473 g/mol. The third-order valence-corrected chi connectivity index (χ3v) is 6.19. The van der Waals surface area contributed by atoms with Crippen LogP contribution in [0.2, 0.25) is 0 Å². The van der Waals surface area contributed by atoms with E-state index in [-0.39, 0.29) is 28.7 Å². The fourth-order valence-corrected chi connectivity index (χ4v) is 3.79. The van der Waals surface area contributed by atoms with Crippen molar-refractivity contribution < 1.29 is 9.47 Å². The first-order valence-corrected chi connectivity index (χ1v) is 10.6. The molecule has 1 saturated heterocycles. The van der Waals surface area contributed by atoms with E-state index in [0.717, 1.165) is 62.9 Å². The van der Waals surface area contributed by atoms with Crippen molar-refractivity contribution in [3.05, 3.63) is 29.3 Å². The van der Waals surface area contributed by atoms with Gasteiger partial charge in [0.1, 0.15) is 5.75 Å². The Hall–Kier alpha value is -0.670. The van der Waals surface area contributed by atoms with Gasteiger partial charge in [-0.25, -0.2) is 0 Å². The molecule has 27 heavy (non-hydrogen) atoms. The number of benzene rings is 1. The van der Waals surface area contributed by atoms with Gasteiger partial charge in [-0.15, -0.1) is 24.0 Å². The summed E-state index contributed by atoms with van der Waals surface area (Å²) in [7, 11) is 1.81. The second kappa shape index (κ2) is 12.7. The Balaban J connectivity index is 0.00000364. The average Bonchev–Trinajstić information content (AvgIpc) is 2.68. The van der Waals surface area contributed by atoms with Gasteiger partial charge in [-0.05, 0) is 44.1 Å². The van der Waals surface area contributed by atoms with Gasteiger partial charge in [0, 0.05) is 43.7 Å². The smallest absolute Gasteiger partial charge is 0.191 e. The molecular formula is C20H34IN3O2S. The summed E-state index contributed by atoms with van der Waals surface area (Å²) in [6.07, 6.45) is 5.34. The minimum atomic E-state index is 0. The third kappa shape index (κ3) is 7.69. The zero-order valence-corrected chi connectivity index (χ0v) is 20.1. The number of thioether (sulfide) groups is 1. The largest absolute Gasteiger partial charge is 0.493 e. The first-order chi connectivity index (χ1) is 12.6. The number of halogens is 1. The van der Waals surface area contributed by atoms with Crippen LogP contribution in [0.4, 0.5) is 0 Å². The lowest BCUT2D eigenvalue weighted by Gasteiger charge is -2.36. The van der Waals surface area contributed by atoms with Crippen LogP contribution in [0.25, 0.3) is 0 Å². The Kier molecular flexibility index (Phi) is 11.5. The number of rotatable bonds is 8. The molecule has 0 atom stereocenters. The average molecular weight is 507 g/mol. The quantitative estimate of drug-likeness (QED) is 0.317. The number of aliphatic imine (C=N–C) groups is 1. The number of hydrogen-bond acceptors (Lipinski definition) is 4. The normalized spacial score (nSPS) is 16.4. The fraction of sp³-hybridized carbons (Fsp3) is 0.650. The zero-order chi connectivity index (χ0) is 18.8. The van der Waals surface area contributed by atoms with Crippen LogP contribution in [0, 0.1) is 6.92 Å². The van der Waals surface area contributed by atoms with Gasteiger partial charge >= 0.3 is 0 Å². The Bertz CT molecular complexity index is 593. The van der Waals surface area contributed by atoms with Crippen LogP contribution >= 0.6 is 35.7 Å². The Morgan fingerprint density at radius 3 is 2.67 bits per heavy atom. The summed E-state index contributed by atoms with van der Waals surface area (Å²) in [5, 5.41) is 6.92. The number of aryl methyl sites for hydroxylation is 1. The predicted octanol–water partition coefficient (Wildman–Crippen LogP) is 3.98. The van der Waals surface area contributed by atoms with Crippen LogP contribution in [0.3, 0.4) is 0 Å². The monoisotopic (exact) mass is 507 g/mol. The predicted molar refractivity (Wildman–Crippen MR) is 127 cm³/mol. The number of nitrogens with one attached hydrogen (secondary N) is 2. The van der Waals surface area contributed by atoms with Gasteiger partial charge in [0.25, 0.3) is 0 Å². The molecule has 2 N–H and O–H groups in total. The van der Waals surface area contributed by atoms with E-state index < -0.39 is 0 Å². The van der Waals surface area contributed by atoms with Crippen molar-refractivity contribution in [2.75, 3.05) is 39.7 Å². The van der Waals surface area contributed by atoms with Gasteiger partial charge < -0.3 is 20.1 Å². The van der Waals surface area contributed by atoms with E-state index in [1.165, 1.54) is 5.56 Å². The molecule has 0 aromatic heterocycles. The standard InChI is InChI=1S/C20H33N3O2S.HI/c1-5-10-25-18-13-16(2)6-7-17(18)14-22-19(21-3)23-15-20(26-4)8-11-24-12-9-20;/h6-7,13H,5,8-12,14-15H2,1-4H3,(H2,21,22,23);1H. The van der Waals surface area contributed by atoms with Gasteiger partial charge in [-0.2, -0.15) is 11.8 Å². The van der Waals surface area contributed by atoms with E-state index in [1.54, 1.807) is 0 Å². The van der Waals surface area contributed by atoms with Gasteiger partial charge in [0.2, 0.25) is 0 Å². The lowest BCUT2D eigenvalue weighted by Crippen LogP contribution is -2.47. The van der Waals surface area contributed by atoms with Crippen molar-refractivity contribution in [3.8, 4) is 5.75 Å². The van der Waals surface area contributed by atoms with Gasteiger partial charge in [0.05, 0.1) is 6.61 Å². The van der Waals surface area contributed by atoms with Crippen LogP contribution in [-0.4, -0.2) is 50.4 Å². The summed E-state index contributed by atoms with van der Waals surface area (Å²) in [6.45, 7) is 8.22. The highest BCUT2D eigenvalue weighted by molar-refractivity contribution is 14.0. The van der Waals surface area contributed by atoms with E-state index >= 15 is 0 Å². The molecule has 5 nitrogen and oxygen atoms in total. The SMILES string of the molecule is CCCOc1cc(C)ccc1CNC(=NC)NCC1(SC)CCOCC1.I. The summed E-state index contributed by atoms with van der Waals surface area (Å²) < 4.78 is 11.7.